The maximum atomic E-state index is 6.22. The molecular weight excluding hydrogens is 446 g/mol. The predicted molar refractivity (Wildman–Crippen MR) is 151 cm³/mol. The zero-order valence-corrected chi connectivity index (χ0v) is 21.1. The lowest BCUT2D eigenvalue weighted by Crippen LogP contribution is -2.31. The van der Waals surface area contributed by atoms with Gasteiger partial charge in [0.1, 0.15) is 5.82 Å². The van der Waals surface area contributed by atoms with Crippen LogP contribution in [0.2, 0.25) is 0 Å². The summed E-state index contributed by atoms with van der Waals surface area (Å²) in [6.07, 6.45) is 7.00. The molecule has 0 bridgehead atoms. The molecule has 0 radical (unpaired) electrons. The largest absolute Gasteiger partial charge is 0.402 e. The first-order valence-electron chi connectivity index (χ1n) is 12.5. The SMILES string of the molecule is C=C/C(CCCN(c1ncc2c(N)cc(N)nc2n1)C(CC)c1cccc2ccccc12)=C(\N)CC. The lowest BCUT2D eigenvalue weighted by molar-refractivity contribution is 0.577. The zero-order chi connectivity index (χ0) is 25.7. The van der Waals surface area contributed by atoms with Crippen LogP contribution >= 0.6 is 0 Å². The van der Waals surface area contributed by atoms with Gasteiger partial charge < -0.3 is 22.1 Å². The number of rotatable bonds is 10. The van der Waals surface area contributed by atoms with Gasteiger partial charge in [-0.05, 0) is 47.6 Å². The highest BCUT2D eigenvalue weighted by atomic mass is 15.3. The molecule has 0 fully saturated rings. The number of aromatic nitrogens is 3. The van der Waals surface area contributed by atoms with Crippen LogP contribution in [0.25, 0.3) is 21.8 Å². The molecule has 7 nitrogen and oxygen atoms in total. The number of anilines is 3. The zero-order valence-electron chi connectivity index (χ0n) is 21.1. The molecule has 6 N–H and O–H groups in total. The Hall–Kier alpha value is -4.13. The van der Waals surface area contributed by atoms with Crippen molar-refractivity contribution in [3.05, 3.63) is 84.2 Å². The molecule has 186 valence electrons. The van der Waals surface area contributed by atoms with Crippen molar-refractivity contribution in [1.29, 1.82) is 0 Å². The highest BCUT2D eigenvalue weighted by Crippen LogP contribution is 2.34. The fourth-order valence-corrected chi connectivity index (χ4v) is 4.79. The predicted octanol–water partition coefficient (Wildman–Crippen LogP) is 5.89. The van der Waals surface area contributed by atoms with Gasteiger partial charge in [-0.25, -0.2) is 9.97 Å². The van der Waals surface area contributed by atoms with Gasteiger partial charge in [-0.2, -0.15) is 4.98 Å². The molecule has 1 unspecified atom stereocenters. The number of hydrogen-bond acceptors (Lipinski definition) is 7. The molecule has 0 amide bonds. The number of allylic oxidation sites excluding steroid dienone is 3. The van der Waals surface area contributed by atoms with Crippen molar-refractivity contribution < 1.29 is 0 Å². The van der Waals surface area contributed by atoms with Gasteiger partial charge in [-0.1, -0.05) is 69.0 Å². The molecule has 7 heteroatoms. The highest BCUT2D eigenvalue weighted by Gasteiger charge is 2.24. The number of nitrogen functional groups attached to an aromatic ring is 2. The van der Waals surface area contributed by atoms with E-state index in [1.54, 1.807) is 12.3 Å². The molecule has 0 spiro atoms. The van der Waals surface area contributed by atoms with Crippen LogP contribution in [-0.4, -0.2) is 21.5 Å². The van der Waals surface area contributed by atoms with E-state index in [4.69, 9.17) is 27.2 Å². The van der Waals surface area contributed by atoms with Crippen LogP contribution in [0, 0.1) is 0 Å². The second kappa shape index (κ2) is 11.1. The molecular formula is C29H35N7. The summed E-state index contributed by atoms with van der Waals surface area (Å²) in [7, 11) is 0. The fourth-order valence-electron chi connectivity index (χ4n) is 4.79. The van der Waals surface area contributed by atoms with E-state index in [1.165, 1.54) is 16.3 Å². The smallest absolute Gasteiger partial charge is 0.227 e. The Bertz CT molecular complexity index is 1400. The average Bonchev–Trinajstić information content (AvgIpc) is 2.89. The first-order chi connectivity index (χ1) is 17.5. The molecule has 2 heterocycles. The van der Waals surface area contributed by atoms with E-state index >= 15 is 0 Å². The Kier molecular flexibility index (Phi) is 7.68. The van der Waals surface area contributed by atoms with Gasteiger partial charge in [0.2, 0.25) is 5.95 Å². The van der Waals surface area contributed by atoms with Gasteiger partial charge in [0.25, 0.3) is 0 Å². The standard InChI is InChI=1S/C29H35N7/c1-4-19(24(30)5-2)13-10-16-36(29-33-18-23-25(31)17-27(32)34-28(23)35-29)26(6-3)22-15-9-12-20-11-7-8-14-21(20)22/h4,7-9,11-12,14-15,17-18,26H,1,5-6,10,13,16,30H2,2-3H3,(H4,31,32,33,34,35)/b24-19+. The number of nitrogens with zero attached hydrogens (tertiary/aromatic N) is 4. The van der Waals surface area contributed by atoms with Crippen molar-refractivity contribution in [2.45, 2.75) is 45.6 Å². The molecule has 2 aromatic heterocycles. The fraction of sp³-hybridized carbons (Fsp3) is 0.276. The Labute approximate surface area is 212 Å². The van der Waals surface area contributed by atoms with Crippen molar-refractivity contribution in [1.82, 2.24) is 15.0 Å². The summed E-state index contributed by atoms with van der Waals surface area (Å²) in [5.41, 5.74) is 22.6. The van der Waals surface area contributed by atoms with E-state index in [-0.39, 0.29) is 6.04 Å². The van der Waals surface area contributed by atoms with E-state index in [0.717, 1.165) is 43.5 Å². The van der Waals surface area contributed by atoms with Crippen LogP contribution < -0.4 is 22.1 Å². The quantitative estimate of drug-likeness (QED) is 0.242. The van der Waals surface area contributed by atoms with Crippen molar-refractivity contribution in [2.24, 2.45) is 5.73 Å². The van der Waals surface area contributed by atoms with Gasteiger partial charge in [0, 0.05) is 30.2 Å². The number of pyridine rings is 1. The number of hydrogen-bond donors (Lipinski definition) is 3. The minimum Gasteiger partial charge on any atom is -0.402 e. The third kappa shape index (κ3) is 5.10. The van der Waals surface area contributed by atoms with Crippen molar-refractivity contribution in [3.63, 3.8) is 0 Å². The normalized spacial score (nSPS) is 12.9. The second-order valence-electron chi connectivity index (χ2n) is 8.94. The number of nitrogens with two attached hydrogens (primary N) is 3. The van der Waals surface area contributed by atoms with Gasteiger partial charge in [-0.15, -0.1) is 0 Å². The Balaban J connectivity index is 1.78. The van der Waals surface area contributed by atoms with Gasteiger partial charge >= 0.3 is 0 Å². The van der Waals surface area contributed by atoms with Crippen LogP contribution in [0.1, 0.15) is 51.1 Å². The van der Waals surface area contributed by atoms with Crippen LogP contribution in [-0.2, 0) is 0 Å². The van der Waals surface area contributed by atoms with E-state index in [1.807, 2.05) is 6.08 Å². The van der Waals surface area contributed by atoms with Gasteiger partial charge in [-0.3, -0.25) is 0 Å². The summed E-state index contributed by atoms with van der Waals surface area (Å²) in [6.45, 7) is 8.95. The molecule has 4 aromatic rings. The van der Waals surface area contributed by atoms with E-state index in [2.05, 4.69) is 72.8 Å². The molecule has 4 rings (SSSR count). The van der Waals surface area contributed by atoms with Gasteiger partial charge in [0.05, 0.1) is 11.4 Å². The minimum atomic E-state index is 0.0617. The van der Waals surface area contributed by atoms with E-state index < -0.39 is 0 Å². The monoisotopic (exact) mass is 481 g/mol. The van der Waals surface area contributed by atoms with E-state index in [9.17, 15) is 0 Å². The Morgan fingerprint density at radius 2 is 1.83 bits per heavy atom. The summed E-state index contributed by atoms with van der Waals surface area (Å²) in [6, 6.07) is 16.6. The average molecular weight is 482 g/mol. The maximum Gasteiger partial charge on any atom is 0.227 e. The topological polar surface area (TPSA) is 120 Å². The number of fused-ring (bicyclic) bond motifs is 2. The molecule has 36 heavy (non-hydrogen) atoms. The first kappa shape index (κ1) is 25.0. The second-order valence-corrected chi connectivity index (χ2v) is 8.94. The molecule has 0 aliphatic rings. The molecule has 0 saturated heterocycles. The number of benzene rings is 2. The summed E-state index contributed by atoms with van der Waals surface area (Å²) >= 11 is 0. The van der Waals surface area contributed by atoms with E-state index in [0.29, 0.717) is 28.5 Å². The summed E-state index contributed by atoms with van der Waals surface area (Å²) in [5.74, 6) is 0.945. The van der Waals surface area contributed by atoms with Crippen LogP contribution in [0.15, 0.2) is 78.7 Å². The molecule has 1 atom stereocenters. The third-order valence-electron chi connectivity index (χ3n) is 6.69. The summed E-state index contributed by atoms with van der Waals surface area (Å²) in [5, 5.41) is 3.13. The lowest BCUT2D eigenvalue weighted by Gasteiger charge is -2.32. The maximum absolute atomic E-state index is 6.22. The minimum absolute atomic E-state index is 0.0617. The summed E-state index contributed by atoms with van der Waals surface area (Å²) in [4.78, 5) is 16.3. The molecule has 0 aliphatic heterocycles. The first-order valence-corrected chi connectivity index (χ1v) is 12.5. The van der Waals surface area contributed by atoms with Crippen molar-refractivity contribution in [3.8, 4) is 0 Å². The molecule has 2 aromatic carbocycles. The Morgan fingerprint density at radius 1 is 1.06 bits per heavy atom. The van der Waals surface area contributed by atoms with Crippen LogP contribution in [0.4, 0.5) is 17.5 Å². The molecule has 0 saturated carbocycles. The van der Waals surface area contributed by atoms with Gasteiger partial charge in [0.15, 0.2) is 5.65 Å². The Morgan fingerprint density at radius 3 is 2.58 bits per heavy atom. The van der Waals surface area contributed by atoms with Crippen LogP contribution in [0.3, 0.4) is 0 Å². The highest BCUT2D eigenvalue weighted by molar-refractivity contribution is 5.89. The van der Waals surface area contributed by atoms with Crippen molar-refractivity contribution >= 4 is 39.3 Å². The summed E-state index contributed by atoms with van der Waals surface area (Å²) < 4.78 is 0. The lowest BCUT2D eigenvalue weighted by atomic mass is 9.95. The third-order valence-corrected chi connectivity index (χ3v) is 6.69. The van der Waals surface area contributed by atoms with Crippen molar-refractivity contribution in [2.75, 3.05) is 22.9 Å². The molecule has 0 aliphatic carbocycles. The van der Waals surface area contributed by atoms with Crippen LogP contribution in [0.5, 0.6) is 0 Å².